The Bertz CT molecular complexity index is 632. The predicted octanol–water partition coefficient (Wildman–Crippen LogP) is 1.13. The van der Waals surface area contributed by atoms with E-state index in [1.165, 1.54) is 0 Å². The van der Waals surface area contributed by atoms with Gasteiger partial charge in [-0.15, -0.1) is 0 Å². The molecule has 1 unspecified atom stereocenters. The number of ether oxygens (including phenoxy) is 1. The second kappa shape index (κ2) is 6.62. The van der Waals surface area contributed by atoms with Crippen LogP contribution in [0, 0.1) is 6.92 Å². The number of nitrogens with one attached hydrogen (secondary N) is 1. The van der Waals surface area contributed by atoms with E-state index in [2.05, 4.69) is 10.4 Å². The molecule has 0 aliphatic rings. The lowest BCUT2D eigenvalue weighted by molar-refractivity contribution is -0.124. The Morgan fingerprint density at radius 2 is 2.09 bits per heavy atom. The van der Waals surface area contributed by atoms with Gasteiger partial charge in [-0.2, -0.15) is 5.10 Å². The third kappa shape index (κ3) is 4.33. The fourth-order valence-electron chi connectivity index (χ4n) is 1.91. The van der Waals surface area contributed by atoms with Gasteiger partial charge in [0.15, 0.2) is 6.61 Å². The van der Waals surface area contributed by atoms with E-state index in [9.17, 15) is 9.90 Å². The summed E-state index contributed by atoms with van der Waals surface area (Å²) in [5, 5.41) is 17.0. The van der Waals surface area contributed by atoms with Crippen LogP contribution < -0.4 is 10.1 Å². The van der Waals surface area contributed by atoms with Gasteiger partial charge in [0.25, 0.3) is 5.91 Å². The van der Waals surface area contributed by atoms with Gasteiger partial charge in [-0.3, -0.25) is 9.48 Å². The average molecular weight is 303 g/mol. The maximum atomic E-state index is 11.8. The zero-order chi connectivity index (χ0) is 16.2. The van der Waals surface area contributed by atoms with E-state index in [4.69, 9.17) is 4.74 Å². The highest BCUT2D eigenvalue weighted by Crippen LogP contribution is 2.18. The molecule has 0 saturated heterocycles. The molecule has 0 saturated carbocycles. The summed E-state index contributed by atoms with van der Waals surface area (Å²) < 4.78 is 6.99. The first-order chi connectivity index (χ1) is 10.4. The van der Waals surface area contributed by atoms with Gasteiger partial charge in [0, 0.05) is 18.8 Å². The van der Waals surface area contributed by atoms with Gasteiger partial charge in [0.1, 0.15) is 11.4 Å². The van der Waals surface area contributed by atoms with Crippen molar-refractivity contribution in [3.8, 4) is 5.75 Å². The van der Waals surface area contributed by atoms with Gasteiger partial charge in [-0.1, -0.05) is 17.7 Å². The molecule has 0 radical (unpaired) electrons. The van der Waals surface area contributed by atoms with Gasteiger partial charge >= 0.3 is 0 Å². The minimum Gasteiger partial charge on any atom is -0.484 e. The van der Waals surface area contributed by atoms with E-state index >= 15 is 0 Å². The van der Waals surface area contributed by atoms with Crippen LogP contribution in [0.5, 0.6) is 5.75 Å². The molecule has 118 valence electrons. The molecule has 6 nitrogen and oxygen atoms in total. The number of aromatic nitrogens is 2. The zero-order valence-electron chi connectivity index (χ0n) is 13.0. The maximum Gasteiger partial charge on any atom is 0.258 e. The van der Waals surface area contributed by atoms with Crippen molar-refractivity contribution in [2.45, 2.75) is 19.4 Å². The summed E-state index contributed by atoms with van der Waals surface area (Å²) in [6.45, 7) is 3.61. The molecule has 1 heterocycles. The maximum absolute atomic E-state index is 11.8. The van der Waals surface area contributed by atoms with Crippen molar-refractivity contribution < 1.29 is 14.6 Å². The molecule has 0 spiro atoms. The first-order valence-corrected chi connectivity index (χ1v) is 7.04. The molecule has 0 aliphatic heterocycles. The average Bonchev–Trinajstić information content (AvgIpc) is 2.92. The van der Waals surface area contributed by atoms with Crippen LogP contribution in [0.2, 0.25) is 0 Å². The quantitative estimate of drug-likeness (QED) is 0.839. The van der Waals surface area contributed by atoms with Crippen LogP contribution in [0.4, 0.5) is 0 Å². The van der Waals surface area contributed by atoms with Crippen LogP contribution in [-0.2, 0) is 17.4 Å². The molecule has 2 N–H and O–H groups in total. The molecule has 1 amide bonds. The van der Waals surface area contributed by atoms with Crippen LogP contribution in [0.25, 0.3) is 0 Å². The van der Waals surface area contributed by atoms with Gasteiger partial charge in [0.2, 0.25) is 0 Å². The van der Waals surface area contributed by atoms with Crippen LogP contribution in [0.1, 0.15) is 18.1 Å². The molecule has 2 rings (SSSR count). The fraction of sp³-hybridized carbons (Fsp3) is 0.375. The molecule has 6 heteroatoms. The summed E-state index contributed by atoms with van der Waals surface area (Å²) in [5.74, 6) is 0.351. The summed E-state index contributed by atoms with van der Waals surface area (Å²) in [6, 6.07) is 7.46. The van der Waals surface area contributed by atoms with Crippen molar-refractivity contribution in [3.63, 3.8) is 0 Å². The first-order valence-electron chi connectivity index (χ1n) is 7.04. The number of benzene rings is 1. The number of aryl methyl sites for hydroxylation is 2. The van der Waals surface area contributed by atoms with Crippen molar-refractivity contribution in [1.29, 1.82) is 0 Å². The lowest BCUT2D eigenvalue weighted by atomic mass is 10.00. The van der Waals surface area contributed by atoms with Gasteiger partial charge < -0.3 is 15.2 Å². The second-order valence-corrected chi connectivity index (χ2v) is 5.55. The largest absolute Gasteiger partial charge is 0.484 e. The highest BCUT2D eigenvalue weighted by Gasteiger charge is 2.25. The third-order valence-electron chi connectivity index (χ3n) is 3.35. The summed E-state index contributed by atoms with van der Waals surface area (Å²) in [6.07, 6.45) is 3.30. The Morgan fingerprint density at radius 3 is 2.68 bits per heavy atom. The Balaban J connectivity index is 1.81. The number of amides is 1. The molecular weight excluding hydrogens is 282 g/mol. The van der Waals surface area contributed by atoms with Crippen molar-refractivity contribution in [2.24, 2.45) is 7.05 Å². The number of carbonyl (C=O) groups excluding carboxylic acids is 1. The van der Waals surface area contributed by atoms with Crippen LogP contribution >= 0.6 is 0 Å². The third-order valence-corrected chi connectivity index (χ3v) is 3.35. The highest BCUT2D eigenvalue weighted by molar-refractivity contribution is 5.77. The molecular formula is C16H21N3O3. The summed E-state index contributed by atoms with van der Waals surface area (Å²) >= 11 is 0. The van der Waals surface area contributed by atoms with Gasteiger partial charge in [-0.25, -0.2) is 0 Å². The Morgan fingerprint density at radius 1 is 1.41 bits per heavy atom. The normalized spacial score (nSPS) is 13.5. The summed E-state index contributed by atoms with van der Waals surface area (Å²) in [7, 11) is 1.77. The molecule has 1 atom stereocenters. The summed E-state index contributed by atoms with van der Waals surface area (Å²) in [5.41, 5.74) is 0.604. The zero-order valence-corrected chi connectivity index (χ0v) is 13.0. The number of carbonyl (C=O) groups is 1. The van der Waals surface area contributed by atoms with Crippen molar-refractivity contribution in [2.75, 3.05) is 13.2 Å². The Labute approximate surface area is 129 Å². The van der Waals surface area contributed by atoms with Crippen molar-refractivity contribution in [3.05, 3.63) is 47.8 Å². The van der Waals surface area contributed by atoms with E-state index in [-0.39, 0.29) is 19.1 Å². The molecule has 1 aromatic carbocycles. The van der Waals surface area contributed by atoms with Gasteiger partial charge in [-0.05, 0) is 26.0 Å². The van der Waals surface area contributed by atoms with Crippen LogP contribution in [-0.4, -0.2) is 33.9 Å². The highest BCUT2D eigenvalue weighted by atomic mass is 16.5. The topological polar surface area (TPSA) is 76.4 Å². The number of hydrogen-bond acceptors (Lipinski definition) is 4. The molecule has 22 heavy (non-hydrogen) atoms. The number of rotatable bonds is 6. The Hall–Kier alpha value is -2.34. The minimum atomic E-state index is -1.17. The van der Waals surface area contributed by atoms with Gasteiger partial charge in [0.05, 0.1) is 12.7 Å². The Kier molecular flexibility index (Phi) is 4.82. The first kappa shape index (κ1) is 16.0. The van der Waals surface area contributed by atoms with E-state index in [0.29, 0.717) is 11.3 Å². The smallest absolute Gasteiger partial charge is 0.258 e. The summed E-state index contributed by atoms with van der Waals surface area (Å²) in [4.78, 5) is 11.8. The monoisotopic (exact) mass is 303 g/mol. The molecule has 0 bridgehead atoms. The van der Waals surface area contributed by atoms with E-state index in [0.717, 1.165) is 5.56 Å². The second-order valence-electron chi connectivity index (χ2n) is 5.55. The van der Waals surface area contributed by atoms with Crippen molar-refractivity contribution in [1.82, 2.24) is 15.1 Å². The number of nitrogens with zero attached hydrogens (tertiary/aromatic N) is 2. The standard InChI is InChI=1S/C16H21N3O3/c1-12-4-6-14(7-5-12)22-10-15(20)17-11-16(2,21)13-8-18-19(3)9-13/h4-9,21H,10-11H2,1-3H3,(H,17,20). The van der Waals surface area contributed by atoms with Crippen molar-refractivity contribution >= 4 is 5.91 Å². The predicted molar refractivity (Wildman–Crippen MR) is 82.5 cm³/mol. The van der Waals surface area contributed by atoms with E-state index < -0.39 is 5.60 Å². The SMILES string of the molecule is Cc1ccc(OCC(=O)NCC(C)(O)c2cnn(C)c2)cc1. The molecule has 2 aromatic rings. The number of hydrogen-bond donors (Lipinski definition) is 2. The van der Waals surface area contributed by atoms with Crippen LogP contribution in [0.15, 0.2) is 36.7 Å². The van der Waals surface area contributed by atoms with E-state index in [1.54, 1.807) is 31.0 Å². The minimum absolute atomic E-state index is 0.0911. The fourth-order valence-corrected chi connectivity index (χ4v) is 1.91. The lowest BCUT2D eigenvalue weighted by Crippen LogP contribution is -2.40. The molecule has 0 aliphatic carbocycles. The molecule has 1 aromatic heterocycles. The van der Waals surface area contributed by atoms with E-state index in [1.807, 2.05) is 31.2 Å². The lowest BCUT2D eigenvalue weighted by Gasteiger charge is -2.22. The molecule has 0 fully saturated rings. The van der Waals surface area contributed by atoms with Crippen LogP contribution in [0.3, 0.4) is 0 Å². The number of aliphatic hydroxyl groups is 1.